The maximum atomic E-state index is 12.0. The standard InChI is InChI=1S/C13H18N2O4S/c1-10(16)11-5-4-6-12(9-11)20(18,19)14-8-7-13(17)15(2)3/h4-6,9,14H,7-8H2,1-3H3. The van der Waals surface area contributed by atoms with Crippen LogP contribution in [0.3, 0.4) is 0 Å². The normalized spacial score (nSPS) is 11.2. The molecule has 0 fully saturated rings. The minimum Gasteiger partial charge on any atom is -0.349 e. The van der Waals surface area contributed by atoms with Crippen LogP contribution in [-0.4, -0.2) is 45.6 Å². The molecule has 20 heavy (non-hydrogen) atoms. The molecule has 110 valence electrons. The van der Waals surface area contributed by atoms with E-state index < -0.39 is 10.0 Å². The summed E-state index contributed by atoms with van der Waals surface area (Å²) in [4.78, 5) is 24.0. The van der Waals surface area contributed by atoms with Crippen molar-refractivity contribution in [3.63, 3.8) is 0 Å². The Morgan fingerprint density at radius 1 is 1.25 bits per heavy atom. The molecular weight excluding hydrogens is 280 g/mol. The average Bonchev–Trinajstić information content (AvgIpc) is 2.38. The molecule has 0 radical (unpaired) electrons. The topological polar surface area (TPSA) is 83.5 Å². The van der Waals surface area contributed by atoms with Gasteiger partial charge in [0.1, 0.15) is 0 Å². The summed E-state index contributed by atoms with van der Waals surface area (Å²) in [5.74, 6) is -0.366. The van der Waals surface area contributed by atoms with E-state index in [4.69, 9.17) is 0 Å². The number of nitrogens with one attached hydrogen (secondary N) is 1. The molecule has 1 aromatic carbocycles. The van der Waals surface area contributed by atoms with Crippen LogP contribution < -0.4 is 4.72 Å². The van der Waals surface area contributed by atoms with E-state index in [1.54, 1.807) is 20.2 Å². The molecule has 6 nitrogen and oxygen atoms in total. The van der Waals surface area contributed by atoms with Gasteiger partial charge in [0, 0.05) is 32.6 Å². The summed E-state index contributed by atoms with van der Waals surface area (Å²) in [7, 11) is -0.502. The van der Waals surface area contributed by atoms with Crippen LogP contribution in [0.15, 0.2) is 29.2 Å². The Kier molecular flexibility index (Phi) is 5.41. The third kappa shape index (κ3) is 4.43. The van der Waals surface area contributed by atoms with E-state index in [1.165, 1.54) is 30.0 Å². The summed E-state index contributed by atoms with van der Waals surface area (Å²) < 4.78 is 26.4. The fourth-order valence-corrected chi connectivity index (χ4v) is 2.56. The van der Waals surface area contributed by atoms with Gasteiger partial charge in [0.05, 0.1) is 4.90 Å². The first-order valence-electron chi connectivity index (χ1n) is 6.05. The van der Waals surface area contributed by atoms with Crippen LogP contribution in [0.1, 0.15) is 23.7 Å². The largest absolute Gasteiger partial charge is 0.349 e. The number of sulfonamides is 1. The number of hydrogen-bond acceptors (Lipinski definition) is 4. The lowest BCUT2D eigenvalue weighted by Gasteiger charge is -2.11. The zero-order valence-corrected chi connectivity index (χ0v) is 12.5. The van der Waals surface area contributed by atoms with Crippen molar-refractivity contribution in [2.45, 2.75) is 18.2 Å². The van der Waals surface area contributed by atoms with Gasteiger partial charge < -0.3 is 4.90 Å². The molecule has 0 saturated heterocycles. The molecule has 0 saturated carbocycles. The molecule has 0 aliphatic rings. The predicted octanol–water partition coefficient (Wildman–Crippen LogP) is 0.646. The first-order chi connectivity index (χ1) is 9.24. The number of hydrogen-bond donors (Lipinski definition) is 1. The van der Waals surface area contributed by atoms with Gasteiger partial charge in [-0.3, -0.25) is 9.59 Å². The average molecular weight is 298 g/mol. The summed E-state index contributed by atoms with van der Waals surface area (Å²) in [5, 5.41) is 0. The zero-order valence-electron chi connectivity index (χ0n) is 11.7. The van der Waals surface area contributed by atoms with E-state index in [9.17, 15) is 18.0 Å². The van der Waals surface area contributed by atoms with Crippen LogP contribution in [0.5, 0.6) is 0 Å². The third-order valence-corrected chi connectivity index (χ3v) is 4.14. The van der Waals surface area contributed by atoms with Gasteiger partial charge in [-0.2, -0.15) is 0 Å². The van der Waals surface area contributed by atoms with Crippen LogP contribution in [-0.2, 0) is 14.8 Å². The second kappa shape index (κ2) is 6.62. The highest BCUT2D eigenvalue weighted by Crippen LogP contribution is 2.11. The quantitative estimate of drug-likeness (QED) is 0.781. The maximum absolute atomic E-state index is 12.0. The number of rotatable bonds is 6. The zero-order chi connectivity index (χ0) is 15.3. The van der Waals surface area contributed by atoms with E-state index in [0.29, 0.717) is 5.56 Å². The summed E-state index contributed by atoms with van der Waals surface area (Å²) in [5.41, 5.74) is 0.331. The third-order valence-electron chi connectivity index (χ3n) is 2.68. The van der Waals surface area contributed by atoms with Gasteiger partial charge in [0.2, 0.25) is 15.9 Å². The van der Waals surface area contributed by atoms with Crippen molar-refractivity contribution in [3.8, 4) is 0 Å². The SMILES string of the molecule is CC(=O)c1cccc(S(=O)(=O)NCCC(=O)N(C)C)c1. The number of ketones is 1. The molecule has 0 spiro atoms. The minimum atomic E-state index is -3.71. The number of Topliss-reactive ketones (excluding diaryl/α,β-unsaturated/α-hetero) is 1. The van der Waals surface area contributed by atoms with Gasteiger partial charge in [-0.25, -0.2) is 13.1 Å². The van der Waals surface area contributed by atoms with Crippen molar-refractivity contribution in [2.75, 3.05) is 20.6 Å². The number of amides is 1. The van der Waals surface area contributed by atoms with Crippen LogP contribution in [0.2, 0.25) is 0 Å². The lowest BCUT2D eigenvalue weighted by molar-refractivity contribution is -0.128. The van der Waals surface area contributed by atoms with Crippen molar-refractivity contribution >= 4 is 21.7 Å². The first-order valence-corrected chi connectivity index (χ1v) is 7.53. The second-order valence-electron chi connectivity index (χ2n) is 4.52. The highest BCUT2D eigenvalue weighted by atomic mass is 32.2. The fraction of sp³-hybridized carbons (Fsp3) is 0.385. The van der Waals surface area contributed by atoms with E-state index in [0.717, 1.165) is 0 Å². The molecule has 1 amide bonds. The molecule has 0 unspecified atom stereocenters. The molecular formula is C13H18N2O4S. The van der Waals surface area contributed by atoms with Crippen molar-refractivity contribution in [2.24, 2.45) is 0 Å². The Morgan fingerprint density at radius 2 is 1.90 bits per heavy atom. The van der Waals surface area contributed by atoms with Gasteiger partial charge in [-0.1, -0.05) is 12.1 Å². The first kappa shape index (κ1) is 16.3. The number of nitrogens with zero attached hydrogens (tertiary/aromatic N) is 1. The lowest BCUT2D eigenvalue weighted by atomic mass is 10.2. The number of carbonyl (C=O) groups is 2. The number of carbonyl (C=O) groups excluding carboxylic acids is 2. The molecule has 1 aromatic rings. The predicted molar refractivity (Wildman–Crippen MR) is 74.9 cm³/mol. The van der Waals surface area contributed by atoms with Crippen LogP contribution in [0.25, 0.3) is 0 Å². The van der Waals surface area contributed by atoms with Crippen molar-refractivity contribution in [1.82, 2.24) is 9.62 Å². The fourth-order valence-electron chi connectivity index (χ4n) is 1.48. The summed E-state index contributed by atoms with van der Waals surface area (Å²) >= 11 is 0. The highest BCUT2D eigenvalue weighted by Gasteiger charge is 2.15. The Hall–Kier alpha value is -1.73. The van der Waals surface area contributed by atoms with E-state index in [1.807, 2.05) is 0 Å². The van der Waals surface area contributed by atoms with Gasteiger partial charge in [-0.05, 0) is 19.1 Å². The maximum Gasteiger partial charge on any atom is 0.240 e. The summed E-state index contributed by atoms with van der Waals surface area (Å²) in [6.45, 7) is 1.39. The summed E-state index contributed by atoms with van der Waals surface area (Å²) in [6.07, 6.45) is 0.0820. The lowest BCUT2D eigenvalue weighted by Crippen LogP contribution is -2.30. The molecule has 1 rings (SSSR count). The Labute approximate surface area is 118 Å². The molecule has 0 aliphatic heterocycles. The van der Waals surface area contributed by atoms with Gasteiger partial charge in [-0.15, -0.1) is 0 Å². The minimum absolute atomic E-state index is 0.0162. The van der Waals surface area contributed by atoms with Crippen molar-refractivity contribution in [3.05, 3.63) is 29.8 Å². The summed E-state index contributed by atoms with van der Waals surface area (Å²) in [6, 6.07) is 5.79. The van der Waals surface area contributed by atoms with Crippen LogP contribution >= 0.6 is 0 Å². The van der Waals surface area contributed by atoms with Crippen LogP contribution in [0, 0.1) is 0 Å². The molecule has 7 heteroatoms. The molecule has 1 N–H and O–H groups in total. The van der Waals surface area contributed by atoms with Crippen molar-refractivity contribution < 1.29 is 18.0 Å². The van der Waals surface area contributed by atoms with E-state index in [-0.39, 0.29) is 29.6 Å². The highest BCUT2D eigenvalue weighted by molar-refractivity contribution is 7.89. The monoisotopic (exact) mass is 298 g/mol. The Morgan fingerprint density at radius 3 is 2.45 bits per heavy atom. The smallest absolute Gasteiger partial charge is 0.240 e. The molecule has 0 aliphatic carbocycles. The van der Waals surface area contributed by atoms with E-state index >= 15 is 0 Å². The molecule has 0 atom stereocenters. The van der Waals surface area contributed by atoms with E-state index in [2.05, 4.69) is 4.72 Å². The Bertz CT molecular complexity index is 609. The van der Waals surface area contributed by atoms with Gasteiger partial charge in [0.25, 0.3) is 0 Å². The second-order valence-corrected chi connectivity index (χ2v) is 6.29. The Balaban J connectivity index is 2.77. The van der Waals surface area contributed by atoms with Gasteiger partial charge >= 0.3 is 0 Å². The molecule has 0 bridgehead atoms. The molecule has 0 aromatic heterocycles. The molecule has 0 heterocycles. The number of benzene rings is 1. The van der Waals surface area contributed by atoms with Crippen molar-refractivity contribution in [1.29, 1.82) is 0 Å². The van der Waals surface area contributed by atoms with Gasteiger partial charge in [0.15, 0.2) is 5.78 Å². The van der Waals surface area contributed by atoms with Crippen LogP contribution in [0.4, 0.5) is 0 Å².